The monoisotopic (exact) mass is 330 g/mol. The number of rotatable bonds is 5. The van der Waals surface area contributed by atoms with Crippen LogP contribution in [0.4, 0.5) is 0 Å². The highest BCUT2D eigenvalue weighted by Gasteiger charge is 2.41. The molecule has 1 fully saturated rings. The van der Waals surface area contributed by atoms with Gasteiger partial charge in [-0.15, -0.1) is 0 Å². The largest absolute Gasteiger partial charge is 0.465 e. The quantitative estimate of drug-likeness (QED) is 0.645. The Morgan fingerprint density at radius 1 is 1.39 bits per heavy atom. The lowest BCUT2D eigenvalue weighted by atomic mass is 10.0. The molecule has 0 bridgehead atoms. The second kappa shape index (κ2) is 6.78. The van der Waals surface area contributed by atoms with Gasteiger partial charge in [0.25, 0.3) is 0 Å². The average Bonchev–Trinajstić information content (AvgIpc) is 3.17. The molecule has 2 aromatic heterocycles. The van der Waals surface area contributed by atoms with Crippen LogP contribution in [0, 0.1) is 0 Å². The normalized spacial score (nSPS) is 20.4. The lowest BCUT2D eigenvalue weighted by Gasteiger charge is -2.25. The summed E-state index contributed by atoms with van der Waals surface area (Å²) < 4.78 is 5.06. The number of aromatic amines is 1. The number of ether oxygens (including phenoxy) is 1. The number of nitrogens with one attached hydrogen (secondary N) is 2. The first kappa shape index (κ1) is 15.5. The highest BCUT2D eigenvalue weighted by Crippen LogP contribution is 2.37. The van der Waals surface area contributed by atoms with Gasteiger partial charge in [0, 0.05) is 18.1 Å². The van der Waals surface area contributed by atoms with E-state index in [4.69, 9.17) is 17.0 Å². The van der Waals surface area contributed by atoms with Crippen LogP contribution in [-0.2, 0) is 9.53 Å². The van der Waals surface area contributed by atoms with Crippen LogP contribution in [0.5, 0.6) is 0 Å². The summed E-state index contributed by atoms with van der Waals surface area (Å²) in [6.07, 6.45) is 3.61. The van der Waals surface area contributed by atoms with Crippen molar-refractivity contribution in [1.29, 1.82) is 0 Å². The molecule has 0 aromatic carbocycles. The number of thiocarbonyl (C=S) groups is 1. The van der Waals surface area contributed by atoms with Crippen molar-refractivity contribution >= 4 is 23.3 Å². The number of H-pyrrole nitrogens is 1. The van der Waals surface area contributed by atoms with Gasteiger partial charge in [0.2, 0.25) is 0 Å². The zero-order valence-corrected chi connectivity index (χ0v) is 13.5. The molecule has 2 atom stereocenters. The van der Waals surface area contributed by atoms with Crippen LogP contribution in [0.25, 0.3) is 0 Å². The molecule has 0 aliphatic carbocycles. The predicted molar refractivity (Wildman–Crippen MR) is 89.6 cm³/mol. The first-order valence-electron chi connectivity index (χ1n) is 7.47. The van der Waals surface area contributed by atoms with E-state index in [0.29, 0.717) is 11.7 Å². The minimum Gasteiger partial charge on any atom is -0.465 e. The molecule has 2 aromatic rings. The van der Waals surface area contributed by atoms with Crippen LogP contribution in [-0.4, -0.2) is 39.1 Å². The molecule has 0 radical (unpaired) electrons. The van der Waals surface area contributed by atoms with E-state index >= 15 is 0 Å². The van der Waals surface area contributed by atoms with Crippen LogP contribution in [0.1, 0.15) is 30.4 Å². The fourth-order valence-electron chi connectivity index (χ4n) is 2.79. The van der Waals surface area contributed by atoms with Crippen molar-refractivity contribution in [1.82, 2.24) is 20.2 Å². The summed E-state index contributed by atoms with van der Waals surface area (Å²) in [5.74, 6) is -0.296. The molecule has 6 nitrogen and oxygen atoms in total. The maximum atomic E-state index is 11.9. The first-order chi connectivity index (χ1) is 11.2. The van der Waals surface area contributed by atoms with Gasteiger partial charge in [-0.25, -0.2) is 0 Å². The molecule has 3 heterocycles. The molecule has 0 saturated carbocycles. The van der Waals surface area contributed by atoms with Gasteiger partial charge in [0.15, 0.2) is 5.11 Å². The Balaban J connectivity index is 1.92. The average molecular weight is 330 g/mol. The minimum absolute atomic E-state index is 0.104. The topological polar surface area (TPSA) is 70.2 Å². The van der Waals surface area contributed by atoms with E-state index in [1.54, 1.807) is 13.1 Å². The maximum absolute atomic E-state index is 11.9. The number of carbonyl (C=O) groups is 1. The molecule has 0 amide bonds. The van der Waals surface area contributed by atoms with Crippen LogP contribution >= 0.6 is 12.2 Å². The van der Waals surface area contributed by atoms with Gasteiger partial charge in [-0.05, 0) is 43.4 Å². The van der Waals surface area contributed by atoms with Gasteiger partial charge in [-0.3, -0.25) is 9.78 Å². The van der Waals surface area contributed by atoms with Crippen LogP contribution in [0.15, 0.2) is 42.7 Å². The van der Waals surface area contributed by atoms with E-state index in [9.17, 15) is 4.79 Å². The number of aromatic nitrogens is 2. The Kier molecular flexibility index (Phi) is 4.57. The van der Waals surface area contributed by atoms with Gasteiger partial charge in [0.1, 0.15) is 6.54 Å². The second-order valence-corrected chi connectivity index (χ2v) is 5.57. The number of nitrogens with zero attached hydrogens (tertiary/aromatic N) is 2. The number of esters is 1. The van der Waals surface area contributed by atoms with Gasteiger partial charge in [-0.1, -0.05) is 6.07 Å². The van der Waals surface area contributed by atoms with Gasteiger partial charge < -0.3 is 19.9 Å². The van der Waals surface area contributed by atoms with E-state index in [0.717, 1.165) is 11.4 Å². The lowest BCUT2D eigenvalue weighted by Crippen LogP contribution is -2.35. The van der Waals surface area contributed by atoms with Gasteiger partial charge in [0.05, 0.1) is 24.4 Å². The molecule has 2 unspecified atom stereocenters. The van der Waals surface area contributed by atoms with Crippen molar-refractivity contribution < 1.29 is 9.53 Å². The molecule has 120 valence electrons. The molecular formula is C16H18N4O2S. The highest BCUT2D eigenvalue weighted by molar-refractivity contribution is 7.80. The predicted octanol–water partition coefficient (Wildman–Crippen LogP) is 1.95. The van der Waals surface area contributed by atoms with Gasteiger partial charge in [-0.2, -0.15) is 0 Å². The third-order valence-corrected chi connectivity index (χ3v) is 4.10. The Labute approximate surface area is 139 Å². The Morgan fingerprint density at radius 2 is 2.26 bits per heavy atom. The van der Waals surface area contributed by atoms with Crippen molar-refractivity contribution in [3.8, 4) is 0 Å². The fourth-order valence-corrected chi connectivity index (χ4v) is 3.09. The Bertz CT molecular complexity index is 675. The number of hydrogen-bond acceptors (Lipinski definition) is 4. The number of hydrogen-bond donors (Lipinski definition) is 2. The van der Waals surface area contributed by atoms with Gasteiger partial charge >= 0.3 is 5.97 Å². The molecule has 0 spiro atoms. The summed E-state index contributed by atoms with van der Waals surface area (Å²) in [4.78, 5) is 21.4. The van der Waals surface area contributed by atoms with E-state index in [-0.39, 0.29) is 24.6 Å². The number of pyridine rings is 1. The minimum atomic E-state index is -0.296. The molecule has 7 heteroatoms. The third-order valence-electron chi connectivity index (χ3n) is 3.74. The van der Waals surface area contributed by atoms with Crippen molar-refractivity contribution in [2.75, 3.05) is 13.2 Å². The second-order valence-electron chi connectivity index (χ2n) is 5.18. The Hall–Kier alpha value is -2.41. The Morgan fingerprint density at radius 3 is 2.91 bits per heavy atom. The van der Waals surface area contributed by atoms with E-state index < -0.39 is 0 Å². The first-order valence-corrected chi connectivity index (χ1v) is 7.88. The molecule has 3 rings (SSSR count). The summed E-state index contributed by atoms with van der Waals surface area (Å²) in [6.45, 7) is 2.24. The highest BCUT2D eigenvalue weighted by atomic mass is 32.1. The lowest BCUT2D eigenvalue weighted by molar-refractivity contribution is -0.143. The van der Waals surface area contributed by atoms with Crippen molar-refractivity contribution in [2.24, 2.45) is 0 Å². The summed E-state index contributed by atoms with van der Waals surface area (Å²) in [7, 11) is 0. The van der Waals surface area contributed by atoms with Crippen LogP contribution in [0.2, 0.25) is 0 Å². The van der Waals surface area contributed by atoms with Crippen LogP contribution in [0.3, 0.4) is 0 Å². The van der Waals surface area contributed by atoms with Crippen molar-refractivity contribution in [3.05, 3.63) is 54.1 Å². The van der Waals surface area contributed by atoms with Crippen molar-refractivity contribution in [3.63, 3.8) is 0 Å². The molecule has 1 saturated heterocycles. The van der Waals surface area contributed by atoms with Crippen molar-refractivity contribution in [2.45, 2.75) is 19.0 Å². The summed E-state index contributed by atoms with van der Waals surface area (Å²) in [5.41, 5.74) is 1.85. The number of carbonyl (C=O) groups excluding carboxylic acids is 1. The fraction of sp³-hybridized carbons (Fsp3) is 0.312. The van der Waals surface area contributed by atoms with E-state index in [2.05, 4.69) is 15.3 Å². The maximum Gasteiger partial charge on any atom is 0.325 e. The summed E-state index contributed by atoms with van der Waals surface area (Å²) >= 11 is 5.44. The SMILES string of the molecule is CCOC(=O)CN1C(=S)NC(c2ccccn2)C1c1ccc[nH]1. The molecule has 1 aliphatic heterocycles. The molecule has 23 heavy (non-hydrogen) atoms. The van der Waals surface area contributed by atoms with E-state index in [1.807, 2.05) is 41.4 Å². The zero-order chi connectivity index (χ0) is 16.2. The zero-order valence-electron chi connectivity index (χ0n) is 12.7. The summed E-state index contributed by atoms with van der Waals surface area (Å²) in [6, 6.07) is 9.39. The third kappa shape index (κ3) is 3.19. The molecule has 1 aliphatic rings. The van der Waals surface area contributed by atoms with Crippen LogP contribution < -0.4 is 5.32 Å². The summed E-state index contributed by atoms with van der Waals surface area (Å²) in [5, 5.41) is 3.79. The molecule has 2 N–H and O–H groups in total. The smallest absolute Gasteiger partial charge is 0.325 e. The standard InChI is InChI=1S/C16H18N4O2S/c1-2-22-13(21)10-20-15(12-7-5-9-18-12)14(19-16(20)23)11-6-3-4-8-17-11/h3-9,14-15,18H,2,10H2,1H3,(H,19,23). The molecular weight excluding hydrogens is 312 g/mol. The van der Waals surface area contributed by atoms with E-state index in [1.165, 1.54) is 0 Å².